The van der Waals surface area contributed by atoms with Crippen molar-refractivity contribution in [1.82, 2.24) is 4.90 Å². The summed E-state index contributed by atoms with van der Waals surface area (Å²) in [4.78, 5) is 12.2. The van der Waals surface area contributed by atoms with Crippen LogP contribution in [0.1, 0.15) is 20.3 Å². The summed E-state index contributed by atoms with van der Waals surface area (Å²) in [6, 6.07) is -0.361. The van der Waals surface area contributed by atoms with Crippen LogP contribution in [0.4, 0.5) is 0 Å². The molecule has 1 N–H and O–H groups in total. The highest BCUT2D eigenvalue weighted by Gasteiger charge is 2.14. The lowest BCUT2D eigenvalue weighted by atomic mass is 10.3. The van der Waals surface area contributed by atoms with Crippen molar-refractivity contribution in [2.45, 2.75) is 26.3 Å². The predicted octanol–water partition coefficient (Wildman–Crippen LogP) is 0.801. The van der Waals surface area contributed by atoms with E-state index in [1.54, 1.807) is 6.92 Å². The highest BCUT2D eigenvalue weighted by molar-refractivity contribution is 5.72. The molecule has 0 fully saturated rings. The summed E-state index contributed by atoms with van der Waals surface area (Å²) >= 11 is 0. The van der Waals surface area contributed by atoms with Crippen LogP contribution in [0.3, 0.4) is 0 Å². The first-order chi connectivity index (χ1) is 4.59. The molecule has 0 unspecified atom stereocenters. The third-order valence-corrected chi connectivity index (χ3v) is 1.59. The normalized spacial score (nSPS) is 13.6. The van der Waals surface area contributed by atoms with Crippen molar-refractivity contribution < 1.29 is 9.90 Å². The Labute approximate surface area is 61.6 Å². The molecule has 0 saturated heterocycles. The zero-order valence-electron chi connectivity index (χ0n) is 6.79. The fourth-order valence-corrected chi connectivity index (χ4v) is 0.735. The van der Waals surface area contributed by atoms with Gasteiger partial charge in [-0.3, -0.25) is 9.69 Å². The largest absolute Gasteiger partial charge is 0.480 e. The van der Waals surface area contributed by atoms with E-state index in [0.717, 1.165) is 13.0 Å². The van der Waals surface area contributed by atoms with Crippen molar-refractivity contribution in [3.63, 3.8) is 0 Å². The maximum atomic E-state index is 10.4. The van der Waals surface area contributed by atoms with Crippen LogP contribution in [0.2, 0.25) is 0 Å². The van der Waals surface area contributed by atoms with Crippen LogP contribution in [0.15, 0.2) is 0 Å². The summed E-state index contributed by atoms with van der Waals surface area (Å²) in [6.07, 6.45) is 0.994. The zero-order valence-corrected chi connectivity index (χ0v) is 6.79. The number of hydrogen-bond acceptors (Lipinski definition) is 2. The second-order valence-corrected chi connectivity index (χ2v) is 2.49. The first-order valence-electron chi connectivity index (χ1n) is 3.52. The smallest absolute Gasteiger partial charge is 0.320 e. The van der Waals surface area contributed by atoms with Gasteiger partial charge in [-0.05, 0) is 26.9 Å². The molecule has 3 nitrogen and oxygen atoms in total. The number of carboxylic acid groups (broad SMARTS) is 1. The number of carbonyl (C=O) groups is 1. The quantitative estimate of drug-likeness (QED) is 0.636. The molecule has 3 heteroatoms. The molecule has 0 radical (unpaired) electrons. The summed E-state index contributed by atoms with van der Waals surface area (Å²) in [6.45, 7) is 4.57. The SMILES string of the molecule is CCCN(C)[C@H](C)C(=O)O. The number of rotatable bonds is 4. The molecular formula is C7H15NO2. The van der Waals surface area contributed by atoms with E-state index >= 15 is 0 Å². The van der Waals surface area contributed by atoms with Gasteiger partial charge >= 0.3 is 5.97 Å². The van der Waals surface area contributed by atoms with Crippen molar-refractivity contribution in [3.8, 4) is 0 Å². The molecule has 60 valence electrons. The van der Waals surface area contributed by atoms with Gasteiger partial charge in [0, 0.05) is 0 Å². The Morgan fingerprint density at radius 2 is 2.20 bits per heavy atom. The Morgan fingerprint density at radius 1 is 1.70 bits per heavy atom. The van der Waals surface area contributed by atoms with E-state index in [4.69, 9.17) is 5.11 Å². The molecule has 0 aliphatic rings. The van der Waals surface area contributed by atoms with Crippen LogP contribution in [0, 0.1) is 0 Å². The first-order valence-corrected chi connectivity index (χ1v) is 3.52. The number of likely N-dealkylation sites (N-methyl/N-ethyl adjacent to an activating group) is 1. The maximum absolute atomic E-state index is 10.4. The molecule has 10 heavy (non-hydrogen) atoms. The minimum atomic E-state index is -0.754. The summed E-state index contributed by atoms with van der Waals surface area (Å²) < 4.78 is 0. The van der Waals surface area contributed by atoms with E-state index in [0.29, 0.717) is 0 Å². The number of hydrogen-bond donors (Lipinski definition) is 1. The van der Waals surface area contributed by atoms with Gasteiger partial charge in [-0.2, -0.15) is 0 Å². The number of nitrogens with zero attached hydrogens (tertiary/aromatic N) is 1. The minimum absolute atomic E-state index is 0.361. The molecule has 0 aromatic rings. The van der Waals surface area contributed by atoms with E-state index in [-0.39, 0.29) is 6.04 Å². The minimum Gasteiger partial charge on any atom is -0.480 e. The van der Waals surface area contributed by atoms with Gasteiger partial charge in [0.2, 0.25) is 0 Å². The highest BCUT2D eigenvalue weighted by atomic mass is 16.4. The summed E-state index contributed by atoms with van der Waals surface area (Å²) in [5, 5.41) is 8.54. The molecular weight excluding hydrogens is 130 g/mol. The molecule has 0 saturated carbocycles. The Balaban J connectivity index is 3.69. The Hall–Kier alpha value is -0.570. The number of aliphatic carboxylic acids is 1. The summed E-state index contributed by atoms with van der Waals surface area (Å²) in [7, 11) is 1.82. The molecule has 0 spiro atoms. The Kier molecular flexibility index (Phi) is 4.03. The van der Waals surface area contributed by atoms with Gasteiger partial charge < -0.3 is 5.11 Å². The van der Waals surface area contributed by atoms with Crippen LogP contribution in [0.5, 0.6) is 0 Å². The van der Waals surface area contributed by atoms with Crippen LogP contribution in [-0.4, -0.2) is 35.6 Å². The number of carboxylic acids is 1. The molecule has 0 aliphatic heterocycles. The van der Waals surface area contributed by atoms with Crippen LogP contribution in [-0.2, 0) is 4.79 Å². The topological polar surface area (TPSA) is 40.5 Å². The van der Waals surface area contributed by atoms with Gasteiger partial charge in [-0.1, -0.05) is 6.92 Å². The maximum Gasteiger partial charge on any atom is 0.320 e. The molecule has 0 aromatic heterocycles. The zero-order chi connectivity index (χ0) is 8.15. The van der Waals surface area contributed by atoms with E-state index in [1.165, 1.54) is 0 Å². The molecule has 0 bridgehead atoms. The van der Waals surface area contributed by atoms with Gasteiger partial charge in [-0.15, -0.1) is 0 Å². The highest BCUT2D eigenvalue weighted by Crippen LogP contribution is 1.95. The third kappa shape index (κ3) is 2.82. The van der Waals surface area contributed by atoms with Crippen molar-refractivity contribution >= 4 is 5.97 Å². The third-order valence-electron chi connectivity index (χ3n) is 1.59. The average Bonchev–Trinajstić information content (AvgIpc) is 1.87. The van der Waals surface area contributed by atoms with Crippen molar-refractivity contribution in [2.75, 3.05) is 13.6 Å². The summed E-state index contributed by atoms with van der Waals surface area (Å²) in [5.41, 5.74) is 0. The van der Waals surface area contributed by atoms with Gasteiger partial charge in [-0.25, -0.2) is 0 Å². The Bertz CT molecular complexity index is 114. The molecule has 0 aromatic carbocycles. The lowest BCUT2D eigenvalue weighted by Crippen LogP contribution is -2.36. The van der Waals surface area contributed by atoms with Crippen molar-refractivity contribution in [1.29, 1.82) is 0 Å². The summed E-state index contributed by atoms with van der Waals surface area (Å²) in [5.74, 6) is -0.754. The van der Waals surface area contributed by atoms with E-state index in [9.17, 15) is 4.79 Å². The molecule has 0 rings (SSSR count). The fraction of sp³-hybridized carbons (Fsp3) is 0.857. The predicted molar refractivity (Wildman–Crippen MR) is 40.0 cm³/mol. The van der Waals surface area contributed by atoms with Gasteiger partial charge in [0.25, 0.3) is 0 Å². The van der Waals surface area contributed by atoms with Crippen molar-refractivity contribution in [3.05, 3.63) is 0 Å². The second-order valence-electron chi connectivity index (χ2n) is 2.49. The monoisotopic (exact) mass is 145 g/mol. The fourth-order valence-electron chi connectivity index (χ4n) is 0.735. The van der Waals surface area contributed by atoms with Gasteiger partial charge in [0.15, 0.2) is 0 Å². The average molecular weight is 145 g/mol. The van der Waals surface area contributed by atoms with Crippen LogP contribution >= 0.6 is 0 Å². The van der Waals surface area contributed by atoms with E-state index in [1.807, 2.05) is 18.9 Å². The standard InChI is InChI=1S/C7H15NO2/c1-4-5-8(3)6(2)7(9)10/h6H,4-5H2,1-3H3,(H,9,10)/t6-/m1/s1. The lowest BCUT2D eigenvalue weighted by molar-refractivity contribution is -0.142. The van der Waals surface area contributed by atoms with E-state index < -0.39 is 5.97 Å². The Morgan fingerprint density at radius 3 is 2.50 bits per heavy atom. The van der Waals surface area contributed by atoms with Crippen molar-refractivity contribution in [2.24, 2.45) is 0 Å². The lowest BCUT2D eigenvalue weighted by Gasteiger charge is -2.19. The molecule has 0 heterocycles. The van der Waals surface area contributed by atoms with E-state index in [2.05, 4.69) is 0 Å². The molecule has 1 atom stereocenters. The van der Waals surface area contributed by atoms with Gasteiger partial charge in [0.1, 0.15) is 6.04 Å². The molecule has 0 aliphatic carbocycles. The van der Waals surface area contributed by atoms with Gasteiger partial charge in [0.05, 0.1) is 0 Å². The molecule has 0 amide bonds. The second kappa shape index (κ2) is 4.28. The first kappa shape index (κ1) is 9.43. The van der Waals surface area contributed by atoms with Crippen LogP contribution < -0.4 is 0 Å². The van der Waals surface area contributed by atoms with Crippen LogP contribution in [0.25, 0.3) is 0 Å².